The van der Waals surface area contributed by atoms with Crippen LogP contribution in [0.2, 0.25) is 0 Å². The third kappa shape index (κ3) is 4.13. The Balaban J connectivity index is 2.12. The van der Waals surface area contributed by atoms with E-state index in [1.54, 1.807) is 0 Å². The van der Waals surface area contributed by atoms with Crippen LogP contribution >= 0.6 is 0 Å². The molecule has 1 aromatic carbocycles. The fourth-order valence-electron chi connectivity index (χ4n) is 2.76. The van der Waals surface area contributed by atoms with Crippen LogP contribution in [0.5, 0.6) is 0 Å². The van der Waals surface area contributed by atoms with Gasteiger partial charge in [0.2, 0.25) is 0 Å². The average molecular weight is 284 g/mol. The van der Waals surface area contributed by atoms with Gasteiger partial charge >= 0.3 is 0 Å². The van der Waals surface area contributed by atoms with Crippen molar-refractivity contribution in [3.63, 3.8) is 0 Å². The normalized spacial score (nSPS) is 14.1. The number of rotatable bonds is 7. The second-order valence-corrected chi connectivity index (χ2v) is 5.36. The van der Waals surface area contributed by atoms with E-state index in [0.29, 0.717) is 0 Å². The van der Waals surface area contributed by atoms with Crippen LogP contribution in [0.1, 0.15) is 30.9 Å². The molecule has 2 aromatic rings. The largest absolute Gasteiger partial charge is 0.396 e. The summed E-state index contributed by atoms with van der Waals surface area (Å²) >= 11 is 0. The van der Waals surface area contributed by atoms with Gasteiger partial charge in [-0.05, 0) is 36.7 Å². The molecule has 21 heavy (non-hydrogen) atoms. The number of aliphatic hydroxyl groups is 1. The number of likely N-dealkylation sites (N-methyl/N-ethyl adjacent to an activating group) is 1. The maximum atomic E-state index is 9.82. The molecule has 0 fully saturated rings. The molecule has 3 heteroatoms. The van der Waals surface area contributed by atoms with Crippen molar-refractivity contribution in [2.75, 3.05) is 13.2 Å². The quantitative estimate of drug-likeness (QED) is 0.849. The van der Waals surface area contributed by atoms with Gasteiger partial charge in [-0.1, -0.05) is 37.3 Å². The number of hydrogen-bond acceptors (Lipinski definition) is 3. The molecule has 0 saturated heterocycles. The van der Waals surface area contributed by atoms with Gasteiger partial charge in [0.05, 0.1) is 6.61 Å². The Bertz CT molecular complexity index is 515. The minimum Gasteiger partial charge on any atom is -0.396 e. The summed E-state index contributed by atoms with van der Waals surface area (Å²) in [4.78, 5) is 6.46. The molecule has 1 N–H and O–H groups in total. The summed E-state index contributed by atoms with van der Waals surface area (Å²) in [5, 5.41) is 9.82. The van der Waals surface area contributed by atoms with E-state index >= 15 is 0 Å². The lowest BCUT2D eigenvalue weighted by Crippen LogP contribution is -2.38. The van der Waals surface area contributed by atoms with Gasteiger partial charge in [0.25, 0.3) is 0 Å². The molecule has 0 bridgehead atoms. The first-order valence-corrected chi connectivity index (χ1v) is 7.55. The van der Waals surface area contributed by atoms with Gasteiger partial charge in [0.1, 0.15) is 0 Å². The molecule has 2 unspecified atom stereocenters. The predicted octanol–water partition coefficient (Wildman–Crippen LogP) is 3.07. The van der Waals surface area contributed by atoms with E-state index in [1.165, 1.54) is 11.1 Å². The van der Waals surface area contributed by atoms with Gasteiger partial charge in [0, 0.05) is 30.9 Å². The summed E-state index contributed by atoms with van der Waals surface area (Å²) < 4.78 is 0. The molecular formula is C18H24N2O. The number of aromatic nitrogens is 1. The Hall–Kier alpha value is -1.71. The molecule has 112 valence electrons. The van der Waals surface area contributed by atoms with Crippen LogP contribution in [0.15, 0.2) is 54.9 Å². The third-order valence-electron chi connectivity index (χ3n) is 4.12. The highest BCUT2D eigenvalue weighted by Gasteiger charge is 2.23. The van der Waals surface area contributed by atoms with E-state index < -0.39 is 0 Å². The molecule has 0 radical (unpaired) electrons. The number of aliphatic hydroxyl groups excluding tert-OH is 1. The summed E-state index contributed by atoms with van der Waals surface area (Å²) in [6.07, 6.45) is 3.66. The van der Waals surface area contributed by atoms with E-state index in [1.807, 2.05) is 42.7 Å². The maximum absolute atomic E-state index is 9.82. The smallest absolute Gasteiger partial charge is 0.0514 e. The first-order chi connectivity index (χ1) is 10.3. The second kappa shape index (κ2) is 7.91. The van der Waals surface area contributed by atoms with Crippen molar-refractivity contribution in [2.24, 2.45) is 0 Å². The monoisotopic (exact) mass is 284 g/mol. The summed E-state index contributed by atoms with van der Waals surface area (Å²) in [5.74, 6) is 0.132. The molecule has 0 aliphatic rings. The van der Waals surface area contributed by atoms with Crippen molar-refractivity contribution in [1.82, 2.24) is 9.88 Å². The average Bonchev–Trinajstić information content (AvgIpc) is 2.55. The first kappa shape index (κ1) is 15.7. The van der Waals surface area contributed by atoms with Crippen molar-refractivity contribution in [1.29, 1.82) is 0 Å². The lowest BCUT2D eigenvalue weighted by Gasteiger charge is -2.33. The van der Waals surface area contributed by atoms with Crippen LogP contribution in [-0.2, 0) is 6.54 Å². The van der Waals surface area contributed by atoms with E-state index in [2.05, 4.69) is 35.9 Å². The Morgan fingerprint density at radius 3 is 2.33 bits per heavy atom. The van der Waals surface area contributed by atoms with E-state index in [-0.39, 0.29) is 18.6 Å². The number of nitrogens with zero attached hydrogens (tertiary/aromatic N) is 2. The Morgan fingerprint density at radius 1 is 1.10 bits per heavy atom. The minimum atomic E-state index is 0.132. The SMILES string of the molecule is CCN(Cc1ccncc1)C(C)C(CO)c1ccccc1. The zero-order valence-corrected chi connectivity index (χ0v) is 12.8. The first-order valence-electron chi connectivity index (χ1n) is 7.55. The van der Waals surface area contributed by atoms with E-state index in [9.17, 15) is 5.11 Å². The molecule has 0 aliphatic carbocycles. The summed E-state index contributed by atoms with van der Waals surface area (Å²) in [5.41, 5.74) is 2.45. The Kier molecular flexibility index (Phi) is 5.90. The molecular weight excluding hydrogens is 260 g/mol. The maximum Gasteiger partial charge on any atom is 0.0514 e. The highest BCUT2D eigenvalue weighted by atomic mass is 16.3. The van der Waals surface area contributed by atoms with E-state index in [0.717, 1.165) is 13.1 Å². The summed E-state index contributed by atoms with van der Waals surface area (Å²) in [7, 11) is 0. The van der Waals surface area contributed by atoms with Crippen molar-refractivity contribution >= 4 is 0 Å². The highest BCUT2D eigenvalue weighted by molar-refractivity contribution is 5.21. The van der Waals surface area contributed by atoms with Gasteiger partial charge in [0.15, 0.2) is 0 Å². The third-order valence-corrected chi connectivity index (χ3v) is 4.12. The van der Waals surface area contributed by atoms with Gasteiger partial charge in [-0.3, -0.25) is 9.88 Å². The van der Waals surface area contributed by atoms with Crippen LogP contribution in [0.3, 0.4) is 0 Å². The zero-order valence-electron chi connectivity index (χ0n) is 12.8. The van der Waals surface area contributed by atoms with Crippen molar-refractivity contribution in [3.8, 4) is 0 Å². The van der Waals surface area contributed by atoms with Crippen LogP contribution in [-0.4, -0.2) is 34.2 Å². The van der Waals surface area contributed by atoms with Crippen LogP contribution in [0, 0.1) is 0 Å². The van der Waals surface area contributed by atoms with E-state index in [4.69, 9.17) is 0 Å². The number of benzene rings is 1. The Labute approximate surface area is 127 Å². The second-order valence-electron chi connectivity index (χ2n) is 5.36. The highest BCUT2D eigenvalue weighted by Crippen LogP contribution is 2.24. The lowest BCUT2D eigenvalue weighted by molar-refractivity contribution is 0.143. The zero-order chi connectivity index (χ0) is 15.1. The van der Waals surface area contributed by atoms with Gasteiger partial charge in [-0.15, -0.1) is 0 Å². The molecule has 0 aliphatic heterocycles. The fraction of sp³-hybridized carbons (Fsp3) is 0.389. The predicted molar refractivity (Wildman–Crippen MR) is 86.1 cm³/mol. The number of pyridine rings is 1. The molecule has 1 aromatic heterocycles. The van der Waals surface area contributed by atoms with Crippen molar-refractivity contribution in [3.05, 3.63) is 66.0 Å². The number of hydrogen-bond donors (Lipinski definition) is 1. The van der Waals surface area contributed by atoms with Crippen LogP contribution in [0.4, 0.5) is 0 Å². The van der Waals surface area contributed by atoms with Crippen molar-refractivity contribution < 1.29 is 5.11 Å². The Morgan fingerprint density at radius 2 is 1.76 bits per heavy atom. The minimum absolute atomic E-state index is 0.132. The molecule has 0 saturated carbocycles. The summed E-state index contributed by atoms with van der Waals surface area (Å²) in [6.45, 7) is 6.35. The van der Waals surface area contributed by atoms with Crippen LogP contribution in [0.25, 0.3) is 0 Å². The molecule has 1 heterocycles. The van der Waals surface area contributed by atoms with Gasteiger partial charge in [-0.2, -0.15) is 0 Å². The van der Waals surface area contributed by atoms with Gasteiger partial charge in [-0.25, -0.2) is 0 Å². The van der Waals surface area contributed by atoms with Crippen molar-refractivity contribution in [2.45, 2.75) is 32.4 Å². The molecule has 3 nitrogen and oxygen atoms in total. The topological polar surface area (TPSA) is 36.4 Å². The summed E-state index contributed by atoms with van der Waals surface area (Å²) in [6, 6.07) is 14.6. The molecule has 0 amide bonds. The van der Waals surface area contributed by atoms with Crippen LogP contribution < -0.4 is 0 Å². The molecule has 2 rings (SSSR count). The molecule has 0 spiro atoms. The molecule has 2 atom stereocenters. The fourth-order valence-corrected chi connectivity index (χ4v) is 2.76. The lowest BCUT2D eigenvalue weighted by atomic mass is 9.92. The van der Waals surface area contributed by atoms with Gasteiger partial charge < -0.3 is 5.11 Å². The standard InChI is InChI=1S/C18H24N2O/c1-3-20(13-16-9-11-19-12-10-16)15(2)18(14-21)17-7-5-4-6-8-17/h4-12,15,18,21H,3,13-14H2,1-2H3.